The fourth-order valence-corrected chi connectivity index (χ4v) is 1.37. The fraction of sp³-hybridized carbons (Fsp3) is 0.750. The molecule has 0 bridgehead atoms. The predicted octanol–water partition coefficient (Wildman–Crippen LogP) is 1.40. The minimum Gasteiger partial charge on any atom is -0.381 e. The minimum atomic E-state index is -0.439. The van der Waals surface area contributed by atoms with Crippen LogP contribution < -0.4 is 5.32 Å². The zero-order valence-electron chi connectivity index (χ0n) is 7.55. The van der Waals surface area contributed by atoms with Gasteiger partial charge < -0.3 is 10.2 Å². The van der Waals surface area contributed by atoms with Gasteiger partial charge in [0.25, 0.3) is 5.91 Å². The molecule has 0 saturated carbocycles. The molecule has 4 nitrogen and oxygen atoms in total. The maximum atomic E-state index is 11.3. The Morgan fingerprint density at radius 3 is 3.15 bits per heavy atom. The van der Waals surface area contributed by atoms with E-state index in [1.54, 1.807) is 0 Å². The van der Waals surface area contributed by atoms with Crippen molar-refractivity contribution in [2.24, 2.45) is 5.16 Å². The molecule has 1 amide bonds. The molecule has 0 spiro atoms. The van der Waals surface area contributed by atoms with Crippen molar-refractivity contribution in [3.63, 3.8) is 0 Å². The van der Waals surface area contributed by atoms with Gasteiger partial charge in [0.05, 0.1) is 0 Å². The number of rotatable bonds is 4. The molecule has 0 fully saturated rings. The Labute approximate surface area is 85.8 Å². The SMILES string of the molecule is CCCCNC(=O)C1CC(Br)=NO1. The standard InChI is InChI=1S/C8H13BrN2O2/c1-2-3-4-10-8(12)6-5-7(9)11-13-6/h6H,2-5H2,1H3,(H,10,12). The highest BCUT2D eigenvalue weighted by Crippen LogP contribution is 2.13. The van der Waals surface area contributed by atoms with Crippen LogP contribution in [-0.2, 0) is 9.63 Å². The number of carbonyl (C=O) groups is 1. The quantitative estimate of drug-likeness (QED) is 0.765. The Balaban J connectivity index is 2.18. The van der Waals surface area contributed by atoms with Crippen LogP contribution in [0.2, 0.25) is 0 Å². The van der Waals surface area contributed by atoms with Gasteiger partial charge in [-0.2, -0.15) is 0 Å². The van der Waals surface area contributed by atoms with Crippen LogP contribution in [0, 0.1) is 0 Å². The van der Waals surface area contributed by atoms with E-state index in [2.05, 4.69) is 33.3 Å². The van der Waals surface area contributed by atoms with Crippen molar-refractivity contribution in [3.05, 3.63) is 0 Å². The summed E-state index contributed by atoms with van der Waals surface area (Å²) in [6.07, 6.45) is 2.18. The molecule has 1 heterocycles. The van der Waals surface area contributed by atoms with E-state index in [-0.39, 0.29) is 5.91 Å². The normalized spacial score (nSPS) is 20.8. The third-order valence-electron chi connectivity index (χ3n) is 1.75. The van der Waals surface area contributed by atoms with Gasteiger partial charge in [0, 0.05) is 13.0 Å². The molecule has 1 atom stereocenters. The zero-order chi connectivity index (χ0) is 9.68. The first-order chi connectivity index (χ1) is 6.24. The maximum Gasteiger partial charge on any atom is 0.264 e. The summed E-state index contributed by atoms with van der Waals surface area (Å²) in [7, 11) is 0. The van der Waals surface area contributed by atoms with Crippen molar-refractivity contribution in [1.29, 1.82) is 0 Å². The van der Waals surface area contributed by atoms with E-state index in [0.29, 0.717) is 17.6 Å². The van der Waals surface area contributed by atoms with Crippen LogP contribution in [0.5, 0.6) is 0 Å². The first-order valence-corrected chi connectivity index (χ1v) is 5.19. The van der Waals surface area contributed by atoms with Gasteiger partial charge >= 0.3 is 0 Å². The maximum absolute atomic E-state index is 11.3. The lowest BCUT2D eigenvalue weighted by atomic mass is 10.2. The number of carbonyl (C=O) groups excluding carboxylic acids is 1. The smallest absolute Gasteiger partial charge is 0.264 e. The van der Waals surface area contributed by atoms with Crippen molar-refractivity contribution < 1.29 is 9.63 Å². The largest absolute Gasteiger partial charge is 0.381 e. The van der Waals surface area contributed by atoms with Crippen LogP contribution in [0.1, 0.15) is 26.2 Å². The highest BCUT2D eigenvalue weighted by atomic mass is 79.9. The molecule has 5 heteroatoms. The monoisotopic (exact) mass is 248 g/mol. The molecule has 1 unspecified atom stereocenters. The van der Waals surface area contributed by atoms with Crippen molar-refractivity contribution in [3.8, 4) is 0 Å². The predicted molar refractivity (Wildman–Crippen MR) is 53.8 cm³/mol. The zero-order valence-corrected chi connectivity index (χ0v) is 9.13. The Hall–Kier alpha value is -0.580. The molecule has 0 aliphatic carbocycles. The molecule has 13 heavy (non-hydrogen) atoms. The Morgan fingerprint density at radius 1 is 1.85 bits per heavy atom. The topological polar surface area (TPSA) is 50.7 Å². The first-order valence-electron chi connectivity index (χ1n) is 4.40. The van der Waals surface area contributed by atoms with Crippen LogP contribution in [0.15, 0.2) is 5.16 Å². The lowest BCUT2D eigenvalue weighted by Gasteiger charge is -2.08. The highest BCUT2D eigenvalue weighted by Gasteiger charge is 2.26. The fourth-order valence-electron chi connectivity index (χ4n) is 0.991. The summed E-state index contributed by atoms with van der Waals surface area (Å²) in [5.41, 5.74) is 0. The van der Waals surface area contributed by atoms with Gasteiger partial charge in [-0.1, -0.05) is 18.5 Å². The van der Waals surface area contributed by atoms with E-state index >= 15 is 0 Å². The lowest BCUT2D eigenvalue weighted by Crippen LogP contribution is -2.35. The molecular formula is C8H13BrN2O2. The van der Waals surface area contributed by atoms with Crippen LogP contribution in [0.25, 0.3) is 0 Å². The molecule has 1 N–H and O–H groups in total. The van der Waals surface area contributed by atoms with Crippen LogP contribution in [0.3, 0.4) is 0 Å². The van der Waals surface area contributed by atoms with Gasteiger partial charge in [0.15, 0.2) is 0 Å². The summed E-state index contributed by atoms with van der Waals surface area (Å²) in [6, 6.07) is 0. The number of hydrogen-bond donors (Lipinski definition) is 1. The number of hydrogen-bond acceptors (Lipinski definition) is 3. The summed E-state index contributed by atoms with van der Waals surface area (Å²) < 4.78 is 0.697. The number of unbranched alkanes of at least 4 members (excludes halogenated alkanes) is 1. The number of oxime groups is 1. The number of nitrogens with zero attached hydrogens (tertiary/aromatic N) is 1. The van der Waals surface area contributed by atoms with E-state index in [1.807, 2.05) is 0 Å². The van der Waals surface area contributed by atoms with Gasteiger partial charge in [0.1, 0.15) is 4.62 Å². The van der Waals surface area contributed by atoms with Gasteiger partial charge in [-0.15, -0.1) is 0 Å². The van der Waals surface area contributed by atoms with Crippen molar-refractivity contribution >= 4 is 26.5 Å². The van der Waals surface area contributed by atoms with E-state index in [1.165, 1.54) is 0 Å². The van der Waals surface area contributed by atoms with E-state index in [0.717, 1.165) is 12.8 Å². The first kappa shape index (κ1) is 10.5. The van der Waals surface area contributed by atoms with E-state index in [4.69, 9.17) is 4.84 Å². The van der Waals surface area contributed by atoms with Gasteiger partial charge in [-0.3, -0.25) is 4.79 Å². The Morgan fingerprint density at radius 2 is 2.62 bits per heavy atom. The van der Waals surface area contributed by atoms with Gasteiger partial charge in [0.2, 0.25) is 6.10 Å². The second-order valence-corrected chi connectivity index (χ2v) is 3.83. The molecule has 0 aromatic rings. The average Bonchev–Trinajstić information content (AvgIpc) is 2.52. The molecule has 1 aliphatic heterocycles. The van der Waals surface area contributed by atoms with E-state index < -0.39 is 6.10 Å². The number of amides is 1. The van der Waals surface area contributed by atoms with Crippen LogP contribution in [-0.4, -0.2) is 23.2 Å². The second kappa shape index (κ2) is 5.21. The van der Waals surface area contributed by atoms with Gasteiger partial charge in [-0.25, -0.2) is 0 Å². The van der Waals surface area contributed by atoms with Crippen LogP contribution >= 0.6 is 15.9 Å². The molecule has 1 aliphatic rings. The summed E-state index contributed by atoms with van der Waals surface area (Å²) in [5.74, 6) is -0.0772. The number of nitrogens with one attached hydrogen (secondary N) is 1. The van der Waals surface area contributed by atoms with Gasteiger partial charge in [-0.05, 0) is 22.4 Å². The average molecular weight is 249 g/mol. The third kappa shape index (κ3) is 3.34. The highest BCUT2D eigenvalue weighted by molar-refractivity contribution is 9.18. The van der Waals surface area contributed by atoms with Crippen molar-refractivity contribution in [1.82, 2.24) is 5.32 Å². The summed E-state index contributed by atoms with van der Waals surface area (Å²) in [4.78, 5) is 16.2. The van der Waals surface area contributed by atoms with Crippen molar-refractivity contribution in [2.45, 2.75) is 32.3 Å². The molecule has 0 aromatic heterocycles. The molecule has 1 rings (SSSR count). The molecule has 0 radical (unpaired) electrons. The molecular weight excluding hydrogens is 236 g/mol. The minimum absolute atomic E-state index is 0.0772. The Bertz CT molecular complexity index is 218. The lowest BCUT2D eigenvalue weighted by molar-refractivity contribution is -0.131. The van der Waals surface area contributed by atoms with Crippen LogP contribution in [0.4, 0.5) is 0 Å². The van der Waals surface area contributed by atoms with Crippen molar-refractivity contribution in [2.75, 3.05) is 6.54 Å². The molecule has 74 valence electrons. The Kier molecular flexibility index (Phi) is 4.21. The summed E-state index contributed by atoms with van der Waals surface area (Å²) in [5, 5.41) is 6.43. The molecule has 0 saturated heterocycles. The van der Waals surface area contributed by atoms with E-state index in [9.17, 15) is 4.79 Å². The second-order valence-electron chi connectivity index (χ2n) is 2.91. The third-order valence-corrected chi connectivity index (χ3v) is 2.22. The summed E-state index contributed by atoms with van der Waals surface area (Å²) >= 11 is 3.17. The molecule has 0 aromatic carbocycles. The summed E-state index contributed by atoms with van der Waals surface area (Å²) in [6.45, 7) is 2.80. The number of halogens is 1.